The van der Waals surface area contributed by atoms with Crippen molar-refractivity contribution in [2.45, 2.75) is 26.4 Å². The van der Waals surface area contributed by atoms with Crippen molar-refractivity contribution in [3.63, 3.8) is 0 Å². The van der Waals surface area contributed by atoms with E-state index in [1.165, 1.54) is 6.07 Å². The largest absolute Gasteiger partial charge is 0.389 e. The molecule has 108 valence electrons. The summed E-state index contributed by atoms with van der Waals surface area (Å²) in [7, 11) is 4.00. The normalized spacial score (nSPS) is 12.8. The van der Waals surface area contributed by atoms with Gasteiger partial charge in [-0.15, -0.1) is 0 Å². The molecule has 0 bridgehead atoms. The maximum Gasteiger partial charge on any atom is 0.146 e. The fourth-order valence-corrected chi connectivity index (χ4v) is 2.13. The summed E-state index contributed by atoms with van der Waals surface area (Å²) in [6.07, 6.45) is 0.283. The van der Waals surface area contributed by atoms with Crippen molar-refractivity contribution in [1.29, 1.82) is 0 Å². The molecule has 0 aliphatic carbocycles. The summed E-state index contributed by atoms with van der Waals surface area (Å²) in [6, 6.07) is 4.90. The van der Waals surface area contributed by atoms with Crippen molar-refractivity contribution in [3.05, 3.63) is 29.6 Å². The maximum atomic E-state index is 14.1. The third-order valence-corrected chi connectivity index (χ3v) is 3.09. The van der Waals surface area contributed by atoms with Crippen LogP contribution in [0.15, 0.2) is 18.2 Å². The smallest absolute Gasteiger partial charge is 0.146 e. The second-order valence-corrected chi connectivity index (χ2v) is 5.14. The van der Waals surface area contributed by atoms with E-state index in [4.69, 9.17) is 0 Å². The zero-order valence-corrected chi connectivity index (χ0v) is 12.4. The second kappa shape index (κ2) is 7.46. The van der Waals surface area contributed by atoms with Gasteiger partial charge in [-0.3, -0.25) is 0 Å². The summed E-state index contributed by atoms with van der Waals surface area (Å²) < 4.78 is 14.1. The Bertz CT molecular complexity index is 394. The van der Waals surface area contributed by atoms with Crippen LogP contribution in [0.5, 0.6) is 0 Å². The number of rotatable bonds is 7. The fourth-order valence-electron chi connectivity index (χ4n) is 2.13. The fraction of sp³-hybridized carbons (Fsp3) is 0.600. The van der Waals surface area contributed by atoms with Gasteiger partial charge in [-0.2, -0.15) is 0 Å². The van der Waals surface area contributed by atoms with Gasteiger partial charge in [0, 0.05) is 25.2 Å². The Labute approximate surface area is 115 Å². The lowest BCUT2D eigenvalue weighted by molar-refractivity contribution is 0.199. The van der Waals surface area contributed by atoms with Crippen molar-refractivity contribution >= 4 is 5.69 Å². The first-order chi connectivity index (χ1) is 8.97. The predicted molar refractivity (Wildman–Crippen MR) is 78.1 cm³/mol. The summed E-state index contributed by atoms with van der Waals surface area (Å²) in [5, 5.41) is 9.82. The van der Waals surface area contributed by atoms with Gasteiger partial charge in [-0.1, -0.05) is 19.1 Å². The van der Waals surface area contributed by atoms with E-state index in [9.17, 15) is 9.50 Å². The molecule has 4 heteroatoms. The summed E-state index contributed by atoms with van der Waals surface area (Å²) in [5.74, 6) is -0.259. The van der Waals surface area contributed by atoms with Gasteiger partial charge in [0.2, 0.25) is 0 Å². The Hall–Kier alpha value is -1.13. The second-order valence-electron chi connectivity index (χ2n) is 5.14. The highest BCUT2D eigenvalue weighted by atomic mass is 19.1. The third-order valence-electron chi connectivity index (χ3n) is 3.09. The summed E-state index contributed by atoms with van der Waals surface area (Å²) in [6.45, 7) is 6.14. The quantitative estimate of drug-likeness (QED) is 0.823. The zero-order valence-electron chi connectivity index (χ0n) is 12.4. The number of nitrogens with zero attached hydrogens (tertiary/aromatic N) is 2. The molecule has 1 aromatic carbocycles. The maximum absolute atomic E-state index is 14.1. The first-order valence-corrected chi connectivity index (χ1v) is 6.83. The molecule has 0 heterocycles. The highest BCUT2D eigenvalue weighted by Gasteiger charge is 2.18. The standard InChI is InChI=1S/C15H25FN2O/c1-5-9-18(11-10-17(3)4)15-13(12(2)19)7-6-8-14(15)16/h6-8,12,19H,5,9-11H2,1-4H3/t12-/m1/s1. The Morgan fingerprint density at radius 1 is 1.21 bits per heavy atom. The molecule has 0 aliphatic heterocycles. The van der Waals surface area contributed by atoms with E-state index in [2.05, 4.69) is 11.8 Å². The topological polar surface area (TPSA) is 26.7 Å². The molecule has 0 saturated heterocycles. The first kappa shape index (κ1) is 15.9. The molecule has 1 atom stereocenters. The Kier molecular flexibility index (Phi) is 6.25. The number of para-hydroxylation sites is 1. The summed E-state index contributed by atoms with van der Waals surface area (Å²) >= 11 is 0. The van der Waals surface area contributed by atoms with E-state index in [1.54, 1.807) is 19.1 Å². The first-order valence-electron chi connectivity index (χ1n) is 6.83. The molecule has 1 N–H and O–H groups in total. The van der Waals surface area contributed by atoms with Gasteiger partial charge in [-0.25, -0.2) is 4.39 Å². The van der Waals surface area contributed by atoms with E-state index < -0.39 is 6.10 Å². The lowest BCUT2D eigenvalue weighted by atomic mass is 10.1. The van der Waals surface area contributed by atoms with Crippen molar-refractivity contribution < 1.29 is 9.50 Å². The van der Waals surface area contributed by atoms with Gasteiger partial charge in [0.15, 0.2) is 0 Å². The van der Waals surface area contributed by atoms with Crippen LogP contribution in [0.2, 0.25) is 0 Å². The summed E-state index contributed by atoms with van der Waals surface area (Å²) in [5.41, 5.74) is 1.20. The number of aliphatic hydroxyl groups excluding tert-OH is 1. The molecule has 0 saturated carbocycles. The van der Waals surface area contributed by atoms with Gasteiger partial charge in [-0.05, 0) is 33.5 Å². The number of hydrogen-bond donors (Lipinski definition) is 1. The monoisotopic (exact) mass is 268 g/mol. The average Bonchev–Trinajstić information content (AvgIpc) is 2.34. The van der Waals surface area contributed by atoms with Crippen molar-refractivity contribution in [3.8, 4) is 0 Å². The minimum absolute atomic E-state index is 0.259. The van der Waals surface area contributed by atoms with Crippen LogP contribution in [0.3, 0.4) is 0 Å². The molecule has 0 fully saturated rings. The van der Waals surface area contributed by atoms with Crippen LogP contribution < -0.4 is 4.90 Å². The van der Waals surface area contributed by atoms with Crippen LogP contribution in [0.1, 0.15) is 31.9 Å². The lowest BCUT2D eigenvalue weighted by Gasteiger charge is -2.29. The van der Waals surface area contributed by atoms with Gasteiger partial charge in [0.05, 0.1) is 11.8 Å². The molecule has 1 rings (SSSR count). The number of hydrogen-bond acceptors (Lipinski definition) is 3. The molecule has 3 nitrogen and oxygen atoms in total. The molecule has 0 aliphatic rings. The highest BCUT2D eigenvalue weighted by Crippen LogP contribution is 2.29. The van der Waals surface area contributed by atoms with Crippen LogP contribution in [0.4, 0.5) is 10.1 Å². The van der Waals surface area contributed by atoms with Crippen LogP contribution in [0, 0.1) is 5.82 Å². The third kappa shape index (κ3) is 4.48. The Balaban J connectivity index is 3.06. The average molecular weight is 268 g/mol. The Morgan fingerprint density at radius 3 is 2.42 bits per heavy atom. The molecule has 19 heavy (non-hydrogen) atoms. The van der Waals surface area contributed by atoms with Gasteiger partial charge >= 0.3 is 0 Å². The minimum Gasteiger partial charge on any atom is -0.389 e. The van der Waals surface area contributed by atoms with Crippen LogP contribution >= 0.6 is 0 Å². The van der Waals surface area contributed by atoms with Crippen LogP contribution in [-0.2, 0) is 0 Å². The zero-order chi connectivity index (χ0) is 14.4. The van der Waals surface area contributed by atoms with Crippen molar-refractivity contribution in [1.82, 2.24) is 4.90 Å². The molecule has 0 amide bonds. The Morgan fingerprint density at radius 2 is 1.89 bits per heavy atom. The number of likely N-dealkylation sites (N-methyl/N-ethyl adjacent to an activating group) is 1. The number of benzene rings is 1. The van der Waals surface area contributed by atoms with E-state index >= 15 is 0 Å². The molecular weight excluding hydrogens is 243 g/mol. The SMILES string of the molecule is CCCN(CCN(C)C)c1c(F)cccc1[C@@H](C)O. The van der Waals surface area contributed by atoms with E-state index in [-0.39, 0.29) is 5.82 Å². The highest BCUT2D eigenvalue weighted by molar-refractivity contribution is 5.55. The molecular formula is C15H25FN2O. The lowest BCUT2D eigenvalue weighted by Crippen LogP contribution is -2.33. The molecule has 0 unspecified atom stereocenters. The molecule has 0 aromatic heterocycles. The van der Waals surface area contributed by atoms with Crippen LogP contribution in [0.25, 0.3) is 0 Å². The minimum atomic E-state index is -0.663. The van der Waals surface area contributed by atoms with Crippen molar-refractivity contribution in [2.24, 2.45) is 0 Å². The molecule has 1 aromatic rings. The predicted octanol–water partition coefficient (Wildman–Crippen LogP) is 2.66. The molecule has 0 spiro atoms. The van der Waals surface area contributed by atoms with Gasteiger partial charge in [0.25, 0.3) is 0 Å². The van der Waals surface area contributed by atoms with E-state index in [0.717, 1.165) is 26.1 Å². The number of anilines is 1. The van der Waals surface area contributed by atoms with Gasteiger partial charge < -0.3 is 14.9 Å². The van der Waals surface area contributed by atoms with Crippen molar-refractivity contribution in [2.75, 3.05) is 38.6 Å². The number of aliphatic hydroxyl groups is 1. The van der Waals surface area contributed by atoms with E-state index in [0.29, 0.717) is 11.3 Å². The number of halogens is 1. The molecule has 0 radical (unpaired) electrons. The van der Waals surface area contributed by atoms with E-state index in [1.807, 2.05) is 19.0 Å². The van der Waals surface area contributed by atoms with Crippen LogP contribution in [-0.4, -0.2) is 43.7 Å². The van der Waals surface area contributed by atoms with Gasteiger partial charge in [0.1, 0.15) is 5.82 Å². The summed E-state index contributed by atoms with van der Waals surface area (Å²) in [4.78, 5) is 4.10.